The number of unbranched alkanes of at least 4 members (excludes halogenated alkanes) is 12. The van der Waals surface area contributed by atoms with Crippen molar-refractivity contribution in [1.29, 1.82) is 0 Å². The molecule has 4 rings (SSSR count). The molecule has 2 aliphatic carbocycles. The number of hydrogen-bond acceptors (Lipinski definition) is 12. The average molecular weight is 907 g/mol. The highest BCUT2D eigenvalue weighted by atomic mass is 16.7. The molecular weight excluding hydrogens is 817 g/mol. The molecule has 0 aromatic rings. The zero-order valence-electron chi connectivity index (χ0n) is 41.3. The van der Waals surface area contributed by atoms with Crippen LogP contribution in [0.2, 0.25) is 0 Å². The van der Waals surface area contributed by atoms with Gasteiger partial charge < -0.3 is 37.9 Å². The largest absolute Gasteiger partial charge is 0.508 e. The molecule has 0 aromatic heterocycles. The summed E-state index contributed by atoms with van der Waals surface area (Å²) in [7, 11) is 0. The molecule has 0 amide bonds. The lowest BCUT2D eigenvalue weighted by atomic mass is 9.84. The fourth-order valence-electron chi connectivity index (χ4n) is 9.84. The Hall–Kier alpha value is -2.60. The molecule has 370 valence electrons. The van der Waals surface area contributed by atoms with Crippen LogP contribution in [0.15, 0.2) is 0 Å². The van der Waals surface area contributed by atoms with Gasteiger partial charge in [-0.25, -0.2) is 9.59 Å². The van der Waals surface area contributed by atoms with Gasteiger partial charge in [0.2, 0.25) is 0 Å². The minimum absolute atomic E-state index is 0.00696. The molecule has 4 fully saturated rings. The molecule has 12 heteroatoms. The molecule has 2 saturated carbocycles. The van der Waals surface area contributed by atoms with Gasteiger partial charge in [-0.05, 0) is 129 Å². The van der Waals surface area contributed by atoms with Crippen molar-refractivity contribution in [2.75, 3.05) is 19.8 Å². The first-order valence-corrected chi connectivity index (χ1v) is 26.1. The van der Waals surface area contributed by atoms with Gasteiger partial charge in [0.25, 0.3) is 0 Å². The van der Waals surface area contributed by atoms with Crippen molar-refractivity contribution in [1.82, 2.24) is 0 Å². The maximum atomic E-state index is 12.6. The van der Waals surface area contributed by atoms with Crippen molar-refractivity contribution in [3.8, 4) is 0 Å². The summed E-state index contributed by atoms with van der Waals surface area (Å²) >= 11 is 0. The van der Waals surface area contributed by atoms with Crippen molar-refractivity contribution < 1.29 is 57.1 Å². The summed E-state index contributed by atoms with van der Waals surface area (Å²) in [4.78, 5) is 50.0. The second-order valence-corrected chi connectivity index (χ2v) is 20.6. The second kappa shape index (κ2) is 28.5. The predicted octanol–water partition coefficient (Wildman–Crippen LogP) is 12.9. The van der Waals surface area contributed by atoms with Gasteiger partial charge in [0.1, 0.15) is 11.2 Å². The molecule has 0 aromatic carbocycles. The van der Waals surface area contributed by atoms with Crippen LogP contribution in [0.3, 0.4) is 0 Å². The molecule has 0 radical (unpaired) electrons. The summed E-state index contributed by atoms with van der Waals surface area (Å²) in [5.41, 5.74) is -1.14. The van der Waals surface area contributed by atoms with Crippen LogP contribution in [0.1, 0.15) is 222 Å². The normalized spacial score (nSPS) is 25.5. The molecule has 11 unspecified atom stereocenters. The Kier molecular flexibility index (Phi) is 24.1. The molecule has 2 saturated heterocycles. The number of carbonyl (C=O) groups is 4. The standard InChI is InChI=1S/C52H90O12/c1-8-51(6,37-38(3)25-19-13-12-17-22-32-57-47(53)41-28-30-43-45(35-41)61-43)63-49(55)58-33-24-18-15-20-26-39(4)52(7,9-2)64-50(56)59-34-23-16-11-10-14-21-27-40(5)60-48(54)42-29-31-44-46(36-42)62-44/h38-46H,8-37H2,1-7H3. The van der Waals surface area contributed by atoms with Crippen LogP contribution in [0.4, 0.5) is 9.59 Å². The maximum Gasteiger partial charge on any atom is 0.508 e. The van der Waals surface area contributed by atoms with E-state index in [1.54, 1.807) is 0 Å². The lowest BCUT2D eigenvalue weighted by Gasteiger charge is -2.34. The van der Waals surface area contributed by atoms with Crippen LogP contribution in [0.5, 0.6) is 0 Å². The Labute approximate surface area is 387 Å². The van der Waals surface area contributed by atoms with Crippen LogP contribution in [0.25, 0.3) is 0 Å². The zero-order chi connectivity index (χ0) is 46.4. The van der Waals surface area contributed by atoms with Crippen LogP contribution < -0.4 is 0 Å². The molecule has 64 heavy (non-hydrogen) atoms. The summed E-state index contributed by atoms with van der Waals surface area (Å²) in [6.07, 6.45) is 26.0. The van der Waals surface area contributed by atoms with E-state index in [4.69, 9.17) is 37.9 Å². The van der Waals surface area contributed by atoms with E-state index in [1.165, 1.54) is 0 Å². The van der Waals surface area contributed by atoms with Crippen molar-refractivity contribution >= 4 is 24.2 Å². The van der Waals surface area contributed by atoms with E-state index in [0.29, 0.717) is 56.6 Å². The first-order chi connectivity index (χ1) is 30.7. The SMILES string of the molecule is CCC(C)(CC(C)CCCCCCCOC(=O)C1CCC2OC2C1)OC(=O)OCCCCCCC(C)C(C)(CC)OC(=O)OCCCCCCCCC(C)OC(=O)C1CCC2OC2C1. The molecule has 4 aliphatic rings. The molecule has 0 N–H and O–H groups in total. The summed E-state index contributed by atoms with van der Waals surface area (Å²) in [5, 5.41) is 0. The number of epoxide rings is 2. The number of hydrogen-bond donors (Lipinski definition) is 0. The lowest BCUT2D eigenvalue weighted by molar-refractivity contribution is -0.154. The van der Waals surface area contributed by atoms with Gasteiger partial charge in [0.05, 0.1) is 62.2 Å². The van der Waals surface area contributed by atoms with Gasteiger partial charge in [-0.3, -0.25) is 9.59 Å². The zero-order valence-corrected chi connectivity index (χ0v) is 41.3. The molecule has 2 aliphatic heterocycles. The van der Waals surface area contributed by atoms with Gasteiger partial charge in [-0.2, -0.15) is 0 Å². The van der Waals surface area contributed by atoms with E-state index in [9.17, 15) is 19.2 Å². The van der Waals surface area contributed by atoms with E-state index < -0.39 is 23.5 Å². The quantitative estimate of drug-likeness (QED) is 0.0262. The summed E-state index contributed by atoms with van der Waals surface area (Å²) in [5.74, 6) is 0.557. The van der Waals surface area contributed by atoms with E-state index in [2.05, 4.69) is 20.8 Å². The van der Waals surface area contributed by atoms with E-state index in [1.807, 2.05) is 27.7 Å². The summed E-state index contributed by atoms with van der Waals surface area (Å²) in [6, 6.07) is 0. The van der Waals surface area contributed by atoms with Gasteiger partial charge >= 0.3 is 24.2 Å². The number of fused-ring (bicyclic) bond motifs is 2. The van der Waals surface area contributed by atoms with Crippen LogP contribution >= 0.6 is 0 Å². The second-order valence-electron chi connectivity index (χ2n) is 20.6. The maximum absolute atomic E-state index is 12.6. The molecular formula is C52H90O12. The number of ether oxygens (including phenoxy) is 8. The third-order valence-electron chi connectivity index (χ3n) is 15.0. The Morgan fingerprint density at radius 1 is 0.531 bits per heavy atom. The third-order valence-corrected chi connectivity index (χ3v) is 15.0. The highest BCUT2D eigenvalue weighted by molar-refractivity contribution is 5.73. The minimum atomic E-state index is -0.589. The fraction of sp³-hybridized carbons (Fsp3) is 0.923. The van der Waals surface area contributed by atoms with Crippen LogP contribution in [-0.4, -0.2) is 85.8 Å². The third kappa shape index (κ3) is 20.5. The van der Waals surface area contributed by atoms with E-state index in [0.717, 1.165) is 167 Å². The van der Waals surface area contributed by atoms with Gasteiger partial charge in [-0.1, -0.05) is 105 Å². The van der Waals surface area contributed by atoms with Crippen molar-refractivity contribution in [3.05, 3.63) is 0 Å². The predicted molar refractivity (Wildman–Crippen MR) is 247 cm³/mol. The van der Waals surface area contributed by atoms with E-state index >= 15 is 0 Å². The molecule has 0 bridgehead atoms. The summed E-state index contributed by atoms with van der Waals surface area (Å²) in [6.45, 7) is 15.7. The molecule has 11 atom stereocenters. The van der Waals surface area contributed by atoms with Crippen molar-refractivity contribution in [2.24, 2.45) is 23.7 Å². The van der Waals surface area contributed by atoms with E-state index in [-0.39, 0.29) is 35.8 Å². The van der Waals surface area contributed by atoms with Gasteiger partial charge in [0.15, 0.2) is 0 Å². The Balaban J connectivity index is 0.920. The number of rotatable bonds is 34. The highest BCUT2D eigenvalue weighted by Gasteiger charge is 2.47. The smallest absolute Gasteiger partial charge is 0.465 e. The van der Waals surface area contributed by atoms with Crippen molar-refractivity contribution in [3.63, 3.8) is 0 Å². The van der Waals surface area contributed by atoms with Crippen molar-refractivity contribution in [2.45, 2.75) is 264 Å². The van der Waals surface area contributed by atoms with Crippen LogP contribution in [-0.2, 0) is 47.5 Å². The Morgan fingerprint density at radius 3 is 1.53 bits per heavy atom. The Morgan fingerprint density at radius 2 is 1.00 bits per heavy atom. The van der Waals surface area contributed by atoms with Crippen LogP contribution in [0, 0.1) is 23.7 Å². The molecule has 2 heterocycles. The highest BCUT2D eigenvalue weighted by Crippen LogP contribution is 2.41. The van der Waals surface area contributed by atoms with Gasteiger partial charge in [0, 0.05) is 0 Å². The lowest BCUT2D eigenvalue weighted by Crippen LogP contribution is -2.38. The minimum Gasteiger partial charge on any atom is -0.465 e. The first kappa shape index (κ1) is 54.0. The monoisotopic (exact) mass is 907 g/mol. The Bertz CT molecular complexity index is 1370. The number of esters is 2. The fourth-order valence-corrected chi connectivity index (χ4v) is 9.84. The molecule has 12 nitrogen and oxygen atoms in total. The molecule has 0 spiro atoms. The number of carbonyl (C=O) groups excluding carboxylic acids is 4. The summed E-state index contributed by atoms with van der Waals surface area (Å²) < 4.78 is 45.0. The van der Waals surface area contributed by atoms with Gasteiger partial charge in [-0.15, -0.1) is 0 Å². The topological polar surface area (TPSA) is 149 Å². The average Bonchev–Trinajstić information content (AvgIpc) is 4.21. The first-order valence-electron chi connectivity index (χ1n) is 26.1.